The largest absolute Gasteiger partial charge is 0.511 e. The molecule has 0 aliphatic heterocycles. The van der Waals surface area contributed by atoms with Crippen molar-refractivity contribution in [2.45, 2.75) is 32.2 Å². The number of phenols is 1. The van der Waals surface area contributed by atoms with Crippen LogP contribution in [0.5, 0.6) is 5.75 Å². The van der Waals surface area contributed by atoms with Gasteiger partial charge in [0.1, 0.15) is 22.8 Å². The molecule has 1 aromatic heterocycles. The Kier molecular flexibility index (Phi) is 6.22. The number of aliphatic hydroxyl groups is 1. The number of nitroso groups, excluding NO2 is 1. The second-order valence-electron chi connectivity index (χ2n) is 10.3. The van der Waals surface area contributed by atoms with Crippen LogP contribution in [0.3, 0.4) is 0 Å². The summed E-state index contributed by atoms with van der Waals surface area (Å²) in [5.74, 6) is -5.54. The number of benzene rings is 1. The highest BCUT2D eigenvalue weighted by molar-refractivity contribution is 6.22. The molecule has 4 N–H and O–H groups in total. The lowest BCUT2D eigenvalue weighted by Crippen LogP contribution is -2.53. The van der Waals surface area contributed by atoms with Gasteiger partial charge in [0.25, 0.3) is 5.91 Å². The summed E-state index contributed by atoms with van der Waals surface area (Å²) >= 11 is 0. The fourth-order valence-electron chi connectivity index (χ4n) is 6.45. The Bertz CT molecular complexity index is 1470. The molecule has 0 spiro atoms. The van der Waals surface area contributed by atoms with E-state index in [-0.39, 0.29) is 29.0 Å². The molecule has 3 aliphatic rings. The maximum absolute atomic E-state index is 13.8. The van der Waals surface area contributed by atoms with Crippen LogP contribution in [0.1, 0.15) is 34.8 Å². The molecule has 2 aromatic rings. The number of pyridine rings is 1. The van der Waals surface area contributed by atoms with Crippen molar-refractivity contribution in [1.29, 1.82) is 0 Å². The first-order valence-electron chi connectivity index (χ1n) is 12.5. The Morgan fingerprint density at radius 2 is 1.95 bits per heavy atom. The van der Waals surface area contributed by atoms with Crippen LogP contribution in [0.4, 0.5) is 0 Å². The summed E-state index contributed by atoms with van der Waals surface area (Å²) in [6, 6.07) is 6.24. The van der Waals surface area contributed by atoms with Gasteiger partial charge in [-0.25, -0.2) is 0 Å². The van der Waals surface area contributed by atoms with Crippen LogP contribution >= 0.6 is 0 Å². The number of aromatic hydroxyl groups is 1. The van der Waals surface area contributed by atoms with Crippen LogP contribution in [-0.2, 0) is 22.4 Å². The summed E-state index contributed by atoms with van der Waals surface area (Å²) in [5, 5.41) is 25.1. The SMILES string of the molecule is CCc1ccnc(-c2ccc(O)c3c2C[C@H]2C[C@@H]4C(C(=O)C(C(N)=O)=C(N=O)[C@H]4N(C)C)C(O)=C2C3=O)c1. The number of aryl methyl sites for hydroxylation is 1. The number of aliphatic hydroxyl groups excluding tert-OH is 1. The lowest BCUT2D eigenvalue weighted by atomic mass is 9.60. The van der Waals surface area contributed by atoms with E-state index < -0.39 is 52.6 Å². The Balaban J connectivity index is 1.69. The van der Waals surface area contributed by atoms with E-state index in [1.54, 1.807) is 31.3 Å². The highest BCUT2D eigenvalue weighted by Crippen LogP contribution is 2.51. The topological polar surface area (TPSA) is 163 Å². The molecule has 1 aromatic carbocycles. The molecule has 0 saturated carbocycles. The minimum absolute atomic E-state index is 0.0404. The predicted octanol–water partition coefficient (Wildman–Crippen LogP) is 2.84. The molecule has 38 heavy (non-hydrogen) atoms. The summed E-state index contributed by atoms with van der Waals surface area (Å²) in [5.41, 5.74) is 7.79. The van der Waals surface area contributed by atoms with Crippen LogP contribution in [0.25, 0.3) is 11.3 Å². The number of likely N-dealkylation sites (N-methyl/N-ethyl adjacent to an activating group) is 1. The summed E-state index contributed by atoms with van der Waals surface area (Å²) in [7, 11) is 3.36. The van der Waals surface area contributed by atoms with E-state index in [9.17, 15) is 29.5 Å². The van der Waals surface area contributed by atoms with Gasteiger partial charge in [-0.2, -0.15) is 0 Å². The number of hydrogen-bond acceptors (Lipinski definition) is 9. The molecule has 1 amide bonds. The molecule has 5 rings (SSSR count). The second-order valence-corrected chi connectivity index (χ2v) is 10.3. The van der Waals surface area contributed by atoms with Gasteiger partial charge >= 0.3 is 0 Å². The quantitative estimate of drug-likeness (QED) is 0.403. The zero-order valence-electron chi connectivity index (χ0n) is 21.3. The number of carbonyl (C=O) groups excluding carboxylic acids is 3. The summed E-state index contributed by atoms with van der Waals surface area (Å²) in [6.07, 6.45) is 3.07. The lowest BCUT2D eigenvalue weighted by molar-refractivity contribution is -0.126. The number of primary amides is 1. The number of hydrogen-bond donors (Lipinski definition) is 3. The van der Waals surface area contributed by atoms with Crippen LogP contribution in [-0.4, -0.2) is 57.7 Å². The Hall–Kier alpha value is -4.18. The minimum atomic E-state index is -1.24. The zero-order valence-corrected chi connectivity index (χ0v) is 21.3. The summed E-state index contributed by atoms with van der Waals surface area (Å²) in [4.78, 5) is 57.4. The average molecular weight is 517 g/mol. The van der Waals surface area contributed by atoms with Gasteiger partial charge in [-0.15, -0.1) is 4.91 Å². The maximum atomic E-state index is 13.8. The average Bonchev–Trinajstić information content (AvgIpc) is 2.87. The van der Waals surface area contributed by atoms with Gasteiger partial charge in [-0.1, -0.05) is 6.92 Å². The van der Waals surface area contributed by atoms with Crippen LogP contribution < -0.4 is 5.73 Å². The number of rotatable bonds is 5. The van der Waals surface area contributed by atoms with Crippen molar-refractivity contribution < 1.29 is 24.6 Å². The van der Waals surface area contributed by atoms with Crippen molar-refractivity contribution in [3.05, 3.63) is 74.7 Å². The molecule has 4 atom stereocenters. The molecule has 1 heterocycles. The normalized spacial score (nSPS) is 24.7. The second kappa shape index (κ2) is 9.29. The number of ketones is 2. The van der Waals surface area contributed by atoms with Crippen molar-refractivity contribution >= 4 is 17.5 Å². The monoisotopic (exact) mass is 516 g/mol. The minimum Gasteiger partial charge on any atom is -0.511 e. The van der Waals surface area contributed by atoms with Gasteiger partial charge in [0, 0.05) is 17.3 Å². The maximum Gasteiger partial charge on any atom is 0.254 e. The molecule has 0 bridgehead atoms. The smallest absolute Gasteiger partial charge is 0.254 e. The van der Waals surface area contributed by atoms with Crippen molar-refractivity contribution in [2.75, 3.05) is 14.1 Å². The number of Topliss-reactive ketones (excluding diaryl/α,β-unsaturated/α-hetero) is 2. The predicted molar refractivity (Wildman–Crippen MR) is 138 cm³/mol. The zero-order chi connectivity index (χ0) is 27.5. The molecular formula is C28H28N4O6. The summed E-state index contributed by atoms with van der Waals surface area (Å²) < 4.78 is 0. The van der Waals surface area contributed by atoms with Crippen molar-refractivity contribution in [1.82, 2.24) is 9.88 Å². The Morgan fingerprint density at radius 1 is 1.21 bits per heavy atom. The van der Waals surface area contributed by atoms with Crippen LogP contribution in [0.2, 0.25) is 0 Å². The van der Waals surface area contributed by atoms with Gasteiger partial charge in [-0.3, -0.25) is 19.4 Å². The third-order valence-corrected chi connectivity index (χ3v) is 8.06. The van der Waals surface area contributed by atoms with E-state index in [1.807, 2.05) is 19.1 Å². The molecule has 0 radical (unpaired) electrons. The van der Waals surface area contributed by atoms with Crippen molar-refractivity contribution in [3.63, 3.8) is 0 Å². The number of allylic oxidation sites excluding steroid dienone is 2. The van der Waals surface area contributed by atoms with E-state index in [1.165, 1.54) is 6.07 Å². The number of phenolic OH excluding ortho intramolecular Hbond substituents is 1. The molecule has 3 aliphatic carbocycles. The number of aromatic nitrogens is 1. The highest BCUT2D eigenvalue weighted by atomic mass is 16.3. The van der Waals surface area contributed by atoms with E-state index in [4.69, 9.17) is 5.73 Å². The lowest BCUT2D eigenvalue weighted by Gasteiger charge is -2.46. The van der Waals surface area contributed by atoms with Gasteiger partial charge in [0.05, 0.1) is 23.2 Å². The van der Waals surface area contributed by atoms with E-state index >= 15 is 0 Å². The van der Waals surface area contributed by atoms with Crippen LogP contribution in [0.15, 0.2) is 58.2 Å². The Labute approximate surface area is 218 Å². The molecule has 0 fully saturated rings. The molecule has 1 unspecified atom stereocenters. The molecule has 10 heteroatoms. The highest BCUT2D eigenvalue weighted by Gasteiger charge is 2.54. The molecule has 10 nitrogen and oxygen atoms in total. The first-order chi connectivity index (χ1) is 18.1. The first-order valence-corrected chi connectivity index (χ1v) is 12.5. The molecular weight excluding hydrogens is 488 g/mol. The van der Waals surface area contributed by atoms with Crippen LogP contribution in [0, 0.1) is 22.7 Å². The number of nitrogens with two attached hydrogens (primary N) is 1. The van der Waals surface area contributed by atoms with Gasteiger partial charge < -0.3 is 20.8 Å². The third kappa shape index (κ3) is 3.66. The van der Waals surface area contributed by atoms with Gasteiger partial charge in [0.2, 0.25) is 0 Å². The first kappa shape index (κ1) is 25.5. The van der Waals surface area contributed by atoms with Crippen molar-refractivity contribution in [2.24, 2.45) is 28.7 Å². The van der Waals surface area contributed by atoms with E-state index in [0.29, 0.717) is 23.2 Å². The van der Waals surface area contributed by atoms with E-state index in [2.05, 4.69) is 10.2 Å². The van der Waals surface area contributed by atoms with E-state index in [0.717, 1.165) is 12.0 Å². The van der Waals surface area contributed by atoms with Gasteiger partial charge in [0.15, 0.2) is 11.6 Å². The van der Waals surface area contributed by atoms with Crippen molar-refractivity contribution in [3.8, 4) is 17.0 Å². The number of nitrogens with zero attached hydrogens (tertiary/aromatic N) is 3. The standard InChI is InChI=1S/C28H28N4O6/c1-4-12-7-8-30-17(9-12)14-5-6-18(33)20-15(14)10-13-11-16-21(26(35)19(13)25(20)34)27(36)22(28(29)37)23(31-38)24(16)32(2)3/h5-9,13,16,21,24,33,35H,4,10-11H2,1-3H3,(H2,29,37)/t13-,16+,21?,24-/m0/s1. The number of carbonyl (C=O) groups is 3. The summed E-state index contributed by atoms with van der Waals surface area (Å²) in [6.45, 7) is 2.03. The fourth-order valence-corrected chi connectivity index (χ4v) is 6.45. The fraction of sp³-hybridized carbons (Fsp3) is 0.357. The Morgan fingerprint density at radius 3 is 2.58 bits per heavy atom. The van der Waals surface area contributed by atoms with Gasteiger partial charge in [-0.05, 0) is 85.8 Å². The number of fused-ring (bicyclic) bond motifs is 3. The molecule has 0 saturated heterocycles. The molecule has 196 valence electrons. The number of amides is 1. The third-order valence-electron chi connectivity index (χ3n) is 8.06.